The Bertz CT molecular complexity index is 957. The molecule has 0 unspecified atom stereocenters. The van der Waals surface area contributed by atoms with E-state index in [1.54, 1.807) is 17.4 Å². The minimum Gasteiger partial charge on any atom is -0.347 e. The molecular weight excluding hydrogens is 365 g/mol. The highest BCUT2D eigenvalue weighted by Gasteiger charge is 2.15. The van der Waals surface area contributed by atoms with E-state index >= 15 is 0 Å². The smallest absolute Gasteiger partial charge is 0.313 e. The Balaban J connectivity index is 1.54. The van der Waals surface area contributed by atoms with Crippen LogP contribution in [0.25, 0.3) is 10.6 Å². The molecule has 3 rings (SSSR count). The van der Waals surface area contributed by atoms with Crippen molar-refractivity contribution in [2.24, 2.45) is 0 Å². The lowest BCUT2D eigenvalue weighted by Crippen LogP contribution is -2.36. The van der Waals surface area contributed by atoms with Crippen LogP contribution in [0.3, 0.4) is 0 Å². The first-order valence-electron chi connectivity index (χ1n) is 8.40. The summed E-state index contributed by atoms with van der Waals surface area (Å²) in [5.41, 5.74) is 1.93. The van der Waals surface area contributed by atoms with Gasteiger partial charge in [0.25, 0.3) is 0 Å². The van der Waals surface area contributed by atoms with Gasteiger partial charge < -0.3 is 10.6 Å². The van der Waals surface area contributed by atoms with E-state index < -0.39 is 17.6 Å². The van der Waals surface area contributed by atoms with Crippen molar-refractivity contribution < 1.29 is 14.0 Å². The topological polar surface area (TPSA) is 71.1 Å². The zero-order chi connectivity index (χ0) is 19.2. The van der Waals surface area contributed by atoms with Gasteiger partial charge in [0.15, 0.2) is 0 Å². The standard InChI is InChI=1S/C20H18FN3O2S/c1-13-17(27-20(23-13)14-7-3-2-4-8-14)11-12-22-18(25)19(26)24-16-10-6-5-9-15(16)21/h2-10H,11-12H2,1H3,(H,22,25)(H,24,26). The molecule has 2 aromatic carbocycles. The minimum atomic E-state index is -0.897. The molecule has 7 heteroatoms. The molecule has 0 radical (unpaired) electrons. The lowest BCUT2D eigenvalue weighted by Gasteiger charge is -2.07. The van der Waals surface area contributed by atoms with Crippen molar-refractivity contribution in [3.05, 3.63) is 71.0 Å². The Hall–Kier alpha value is -3.06. The molecule has 0 aliphatic heterocycles. The van der Waals surface area contributed by atoms with Gasteiger partial charge in [0.1, 0.15) is 10.8 Å². The van der Waals surface area contributed by atoms with Crippen LogP contribution >= 0.6 is 11.3 Å². The summed E-state index contributed by atoms with van der Waals surface area (Å²) >= 11 is 1.56. The summed E-state index contributed by atoms with van der Waals surface area (Å²) in [7, 11) is 0. The number of nitrogens with zero attached hydrogens (tertiary/aromatic N) is 1. The van der Waals surface area contributed by atoms with Crippen molar-refractivity contribution >= 4 is 28.8 Å². The first-order valence-corrected chi connectivity index (χ1v) is 9.21. The van der Waals surface area contributed by atoms with Gasteiger partial charge in [-0.25, -0.2) is 9.37 Å². The van der Waals surface area contributed by atoms with Crippen LogP contribution < -0.4 is 10.6 Å². The van der Waals surface area contributed by atoms with Gasteiger partial charge in [-0.15, -0.1) is 11.3 Å². The Morgan fingerprint density at radius 3 is 2.48 bits per heavy atom. The molecule has 2 amide bonds. The summed E-state index contributed by atoms with van der Waals surface area (Å²) in [5, 5.41) is 5.74. The molecule has 0 aliphatic carbocycles. The van der Waals surface area contributed by atoms with E-state index in [0.717, 1.165) is 21.1 Å². The second kappa shape index (κ2) is 8.55. The molecular formula is C20H18FN3O2S. The number of thiazole rings is 1. The first-order chi connectivity index (χ1) is 13.0. The number of amides is 2. The predicted molar refractivity (Wildman–Crippen MR) is 104 cm³/mol. The van der Waals surface area contributed by atoms with Crippen LogP contribution in [-0.4, -0.2) is 23.3 Å². The largest absolute Gasteiger partial charge is 0.347 e. The minimum absolute atomic E-state index is 0.0246. The average molecular weight is 383 g/mol. The van der Waals surface area contributed by atoms with Gasteiger partial charge in [-0.3, -0.25) is 9.59 Å². The molecule has 27 heavy (non-hydrogen) atoms. The van der Waals surface area contributed by atoms with Gasteiger partial charge in [0, 0.05) is 23.4 Å². The van der Waals surface area contributed by atoms with Crippen LogP contribution in [0, 0.1) is 12.7 Å². The summed E-state index contributed by atoms with van der Waals surface area (Å²) in [4.78, 5) is 29.4. The predicted octanol–water partition coefficient (Wildman–Crippen LogP) is 3.56. The number of carbonyl (C=O) groups excluding carboxylic acids is 2. The van der Waals surface area contributed by atoms with Gasteiger partial charge in [-0.05, 0) is 19.1 Å². The summed E-state index contributed by atoms with van der Waals surface area (Å²) in [6.07, 6.45) is 0.565. The van der Waals surface area contributed by atoms with Crippen LogP contribution in [0.2, 0.25) is 0 Å². The highest BCUT2D eigenvalue weighted by molar-refractivity contribution is 7.15. The normalized spacial score (nSPS) is 10.4. The number of benzene rings is 2. The van der Waals surface area contributed by atoms with E-state index in [4.69, 9.17) is 0 Å². The second-order valence-electron chi connectivity index (χ2n) is 5.83. The van der Waals surface area contributed by atoms with E-state index in [2.05, 4.69) is 15.6 Å². The quantitative estimate of drug-likeness (QED) is 0.662. The zero-order valence-corrected chi connectivity index (χ0v) is 15.5. The number of nitrogens with one attached hydrogen (secondary N) is 2. The van der Waals surface area contributed by atoms with Gasteiger partial charge in [0.05, 0.1) is 11.4 Å². The van der Waals surface area contributed by atoms with Crippen molar-refractivity contribution in [3.8, 4) is 10.6 Å². The number of para-hydroxylation sites is 1. The molecule has 2 N–H and O–H groups in total. The molecule has 1 aromatic heterocycles. The van der Waals surface area contributed by atoms with Crippen LogP contribution in [0.5, 0.6) is 0 Å². The number of hydrogen-bond acceptors (Lipinski definition) is 4. The molecule has 138 valence electrons. The van der Waals surface area contributed by atoms with Crippen LogP contribution in [-0.2, 0) is 16.0 Å². The number of aromatic nitrogens is 1. The first kappa shape index (κ1) is 18.7. The van der Waals surface area contributed by atoms with Crippen molar-refractivity contribution in [1.29, 1.82) is 0 Å². The van der Waals surface area contributed by atoms with Crippen LogP contribution in [0.1, 0.15) is 10.6 Å². The molecule has 3 aromatic rings. The molecule has 0 saturated heterocycles. The Morgan fingerprint density at radius 1 is 1.04 bits per heavy atom. The van der Waals surface area contributed by atoms with Crippen molar-refractivity contribution in [2.45, 2.75) is 13.3 Å². The van der Waals surface area contributed by atoms with E-state index in [1.165, 1.54) is 18.2 Å². The number of halogens is 1. The van der Waals surface area contributed by atoms with Gasteiger partial charge >= 0.3 is 11.8 Å². The van der Waals surface area contributed by atoms with Gasteiger partial charge in [-0.2, -0.15) is 0 Å². The molecule has 0 aliphatic rings. The van der Waals surface area contributed by atoms with Crippen molar-refractivity contribution in [3.63, 3.8) is 0 Å². The Kier molecular flexibility index (Phi) is 5.93. The third-order valence-corrected chi connectivity index (χ3v) is 5.15. The maximum atomic E-state index is 13.5. The van der Waals surface area contributed by atoms with Crippen molar-refractivity contribution in [1.82, 2.24) is 10.3 Å². The molecule has 0 atom stereocenters. The summed E-state index contributed by atoms with van der Waals surface area (Å²) in [6.45, 7) is 2.21. The third-order valence-electron chi connectivity index (χ3n) is 3.88. The van der Waals surface area contributed by atoms with Gasteiger partial charge in [-0.1, -0.05) is 42.5 Å². The maximum absolute atomic E-state index is 13.5. The average Bonchev–Trinajstić information content (AvgIpc) is 3.05. The van der Waals surface area contributed by atoms with Crippen LogP contribution in [0.4, 0.5) is 10.1 Å². The lowest BCUT2D eigenvalue weighted by molar-refractivity contribution is -0.136. The number of rotatable bonds is 5. The third kappa shape index (κ3) is 4.77. The fourth-order valence-electron chi connectivity index (χ4n) is 2.48. The number of hydrogen-bond donors (Lipinski definition) is 2. The molecule has 0 bridgehead atoms. The second-order valence-corrected chi connectivity index (χ2v) is 6.92. The highest BCUT2D eigenvalue weighted by Crippen LogP contribution is 2.27. The van der Waals surface area contributed by atoms with Crippen LogP contribution in [0.15, 0.2) is 54.6 Å². The summed E-state index contributed by atoms with van der Waals surface area (Å²) in [6, 6.07) is 15.6. The van der Waals surface area contributed by atoms with E-state index in [0.29, 0.717) is 13.0 Å². The highest BCUT2D eigenvalue weighted by atomic mass is 32.1. The SMILES string of the molecule is Cc1nc(-c2ccccc2)sc1CCNC(=O)C(=O)Nc1ccccc1F. The monoisotopic (exact) mass is 383 g/mol. The maximum Gasteiger partial charge on any atom is 0.313 e. The molecule has 5 nitrogen and oxygen atoms in total. The lowest BCUT2D eigenvalue weighted by atomic mass is 10.2. The number of aryl methyl sites for hydroxylation is 1. The number of anilines is 1. The molecule has 0 saturated carbocycles. The fourth-order valence-corrected chi connectivity index (χ4v) is 3.54. The molecule has 0 fully saturated rings. The Morgan fingerprint density at radius 2 is 1.74 bits per heavy atom. The van der Waals surface area contributed by atoms with E-state index in [9.17, 15) is 14.0 Å². The number of carbonyl (C=O) groups is 2. The summed E-state index contributed by atoms with van der Waals surface area (Å²) < 4.78 is 13.5. The van der Waals surface area contributed by atoms with Crippen molar-refractivity contribution in [2.75, 3.05) is 11.9 Å². The molecule has 0 spiro atoms. The van der Waals surface area contributed by atoms with Gasteiger partial charge in [0.2, 0.25) is 0 Å². The fraction of sp³-hybridized carbons (Fsp3) is 0.150. The van der Waals surface area contributed by atoms with E-state index in [1.807, 2.05) is 37.3 Å². The van der Waals surface area contributed by atoms with E-state index in [-0.39, 0.29) is 5.69 Å². The Labute approximate surface area is 160 Å². The molecule has 1 heterocycles. The zero-order valence-electron chi connectivity index (χ0n) is 14.7. The summed E-state index contributed by atoms with van der Waals surface area (Å²) in [5.74, 6) is -2.29.